The molecule has 0 aromatic heterocycles. The third-order valence-electron chi connectivity index (χ3n) is 3.98. The zero-order chi connectivity index (χ0) is 11.8. The van der Waals surface area contributed by atoms with E-state index in [-0.39, 0.29) is 0 Å². The van der Waals surface area contributed by atoms with Crippen LogP contribution in [-0.4, -0.2) is 5.78 Å². The lowest BCUT2D eigenvalue weighted by atomic mass is 9.94. The van der Waals surface area contributed by atoms with Gasteiger partial charge in [-0.2, -0.15) is 0 Å². The van der Waals surface area contributed by atoms with Gasteiger partial charge in [0.15, 0.2) is 0 Å². The predicted octanol–water partition coefficient (Wildman–Crippen LogP) is 4.74. The summed E-state index contributed by atoms with van der Waals surface area (Å²) in [4.78, 5) is 12.1. The van der Waals surface area contributed by atoms with Gasteiger partial charge in [-0.1, -0.05) is 52.4 Å². The Morgan fingerprint density at radius 1 is 0.875 bits per heavy atom. The van der Waals surface area contributed by atoms with Crippen LogP contribution in [-0.2, 0) is 4.79 Å². The molecule has 0 saturated heterocycles. The lowest BCUT2D eigenvalue weighted by molar-refractivity contribution is -0.124. The molecule has 0 N–H and O–H groups in total. The van der Waals surface area contributed by atoms with Crippen molar-refractivity contribution in [1.82, 2.24) is 0 Å². The Morgan fingerprint density at radius 2 is 1.44 bits per heavy atom. The van der Waals surface area contributed by atoms with Crippen LogP contribution < -0.4 is 0 Å². The van der Waals surface area contributed by atoms with Gasteiger partial charge in [-0.15, -0.1) is 0 Å². The predicted molar refractivity (Wildman–Crippen MR) is 69.5 cm³/mol. The van der Waals surface area contributed by atoms with Crippen LogP contribution in [0.3, 0.4) is 0 Å². The van der Waals surface area contributed by atoms with Gasteiger partial charge in [-0.05, 0) is 25.7 Å². The number of ketones is 1. The van der Waals surface area contributed by atoms with E-state index in [4.69, 9.17) is 0 Å². The normalized spacial score (nSPS) is 25.2. The minimum absolute atomic E-state index is 0.427. The lowest BCUT2D eigenvalue weighted by Gasteiger charge is -2.10. The van der Waals surface area contributed by atoms with E-state index in [1.165, 1.54) is 57.8 Å². The van der Waals surface area contributed by atoms with Gasteiger partial charge in [0, 0.05) is 11.8 Å². The summed E-state index contributed by atoms with van der Waals surface area (Å²) in [5, 5.41) is 0. The van der Waals surface area contributed by atoms with Gasteiger partial charge >= 0.3 is 0 Å². The van der Waals surface area contributed by atoms with Gasteiger partial charge in [0.1, 0.15) is 5.78 Å². The standard InChI is InChI=1S/C15H28O/c1-3-5-7-8-10-14-12-11-13(15(14)16)9-6-4-2/h13-14H,3-12H2,1-2H3. The molecule has 0 aromatic carbocycles. The Labute approximate surface area is 101 Å². The van der Waals surface area contributed by atoms with Crippen molar-refractivity contribution < 1.29 is 4.79 Å². The van der Waals surface area contributed by atoms with Crippen LogP contribution in [0.1, 0.15) is 78.1 Å². The highest BCUT2D eigenvalue weighted by molar-refractivity contribution is 5.85. The van der Waals surface area contributed by atoms with E-state index in [9.17, 15) is 4.79 Å². The molecule has 1 heteroatoms. The van der Waals surface area contributed by atoms with E-state index >= 15 is 0 Å². The zero-order valence-corrected chi connectivity index (χ0v) is 11.1. The maximum absolute atomic E-state index is 12.1. The van der Waals surface area contributed by atoms with Crippen molar-refractivity contribution >= 4 is 5.78 Å². The smallest absolute Gasteiger partial charge is 0.139 e. The Morgan fingerprint density at radius 3 is 2.00 bits per heavy atom. The van der Waals surface area contributed by atoms with Crippen LogP contribution >= 0.6 is 0 Å². The van der Waals surface area contributed by atoms with Crippen LogP contribution in [0.15, 0.2) is 0 Å². The summed E-state index contributed by atoms with van der Waals surface area (Å²) in [6.07, 6.45) is 12.4. The number of hydrogen-bond donors (Lipinski definition) is 0. The monoisotopic (exact) mass is 224 g/mol. The molecule has 94 valence electrons. The van der Waals surface area contributed by atoms with Gasteiger partial charge in [0.25, 0.3) is 0 Å². The highest BCUT2D eigenvalue weighted by atomic mass is 16.1. The number of rotatable bonds is 8. The molecule has 1 saturated carbocycles. The Hall–Kier alpha value is -0.330. The summed E-state index contributed by atoms with van der Waals surface area (Å²) < 4.78 is 0. The van der Waals surface area contributed by atoms with Crippen molar-refractivity contribution in [3.05, 3.63) is 0 Å². The van der Waals surface area contributed by atoms with Crippen LogP contribution in [0.4, 0.5) is 0 Å². The molecule has 1 aliphatic carbocycles. The van der Waals surface area contributed by atoms with Gasteiger partial charge in [-0.3, -0.25) is 4.79 Å². The molecule has 0 radical (unpaired) electrons. The molecular weight excluding hydrogens is 196 g/mol. The summed E-state index contributed by atoms with van der Waals surface area (Å²) in [6.45, 7) is 4.45. The SMILES string of the molecule is CCCCCCC1CCC(CCCC)C1=O. The largest absolute Gasteiger partial charge is 0.299 e. The van der Waals surface area contributed by atoms with E-state index < -0.39 is 0 Å². The van der Waals surface area contributed by atoms with Gasteiger partial charge in [-0.25, -0.2) is 0 Å². The zero-order valence-electron chi connectivity index (χ0n) is 11.1. The molecule has 1 rings (SSSR count). The summed E-state index contributed by atoms with van der Waals surface area (Å²) in [5.74, 6) is 1.46. The number of hydrogen-bond acceptors (Lipinski definition) is 1. The average molecular weight is 224 g/mol. The molecule has 1 aliphatic rings. The van der Waals surface area contributed by atoms with Crippen molar-refractivity contribution in [2.24, 2.45) is 11.8 Å². The van der Waals surface area contributed by atoms with Crippen molar-refractivity contribution in [2.75, 3.05) is 0 Å². The molecule has 2 atom stereocenters. The first-order valence-corrected chi connectivity index (χ1v) is 7.33. The average Bonchev–Trinajstić information content (AvgIpc) is 2.64. The molecule has 0 bridgehead atoms. The summed E-state index contributed by atoms with van der Waals surface area (Å²) in [5.41, 5.74) is 0. The third-order valence-corrected chi connectivity index (χ3v) is 3.98. The Bertz CT molecular complexity index is 198. The van der Waals surface area contributed by atoms with E-state index in [1.807, 2.05) is 0 Å². The minimum Gasteiger partial charge on any atom is -0.299 e. The topological polar surface area (TPSA) is 17.1 Å². The summed E-state index contributed by atoms with van der Waals surface area (Å²) in [6, 6.07) is 0. The second-order valence-corrected chi connectivity index (χ2v) is 5.37. The van der Waals surface area contributed by atoms with E-state index in [2.05, 4.69) is 13.8 Å². The highest BCUT2D eigenvalue weighted by Gasteiger charge is 2.32. The van der Waals surface area contributed by atoms with Crippen molar-refractivity contribution in [2.45, 2.75) is 78.1 Å². The van der Waals surface area contributed by atoms with Crippen molar-refractivity contribution in [3.63, 3.8) is 0 Å². The summed E-state index contributed by atoms with van der Waals surface area (Å²) in [7, 11) is 0. The van der Waals surface area contributed by atoms with Crippen LogP contribution in [0.5, 0.6) is 0 Å². The first kappa shape index (κ1) is 13.7. The van der Waals surface area contributed by atoms with E-state index in [0.29, 0.717) is 17.6 Å². The number of carbonyl (C=O) groups excluding carboxylic acids is 1. The van der Waals surface area contributed by atoms with Crippen LogP contribution in [0.2, 0.25) is 0 Å². The quantitative estimate of drug-likeness (QED) is 0.544. The minimum atomic E-state index is 0.427. The second kappa shape index (κ2) is 7.86. The summed E-state index contributed by atoms with van der Waals surface area (Å²) >= 11 is 0. The first-order valence-electron chi connectivity index (χ1n) is 7.33. The first-order chi connectivity index (χ1) is 7.79. The number of unbranched alkanes of at least 4 members (excludes halogenated alkanes) is 4. The van der Waals surface area contributed by atoms with Gasteiger partial charge in [0.05, 0.1) is 0 Å². The Kier molecular flexibility index (Phi) is 6.75. The maximum atomic E-state index is 12.1. The molecule has 1 fully saturated rings. The molecular formula is C15H28O. The van der Waals surface area contributed by atoms with Crippen molar-refractivity contribution in [3.8, 4) is 0 Å². The highest BCUT2D eigenvalue weighted by Crippen LogP contribution is 2.33. The molecule has 0 aliphatic heterocycles. The van der Waals surface area contributed by atoms with Crippen LogP contribution in [0, 0.1) is 11.8 Å². The molecule has 0 heterocycles. The molecule has 0 amide bonds. The van der Waals surface area contributed by atoms with E-state index in [0.717, 1.165) is 6.42 Å². The van der Waals surface area contributed by atoms with Crippen molar-refractivity contribution in [1.29, 1.82) is 0 Å². The molecule has 2 unspecified atom stereocenters. The fraction of sp³-hybridized carbons (Fsp3) is 0.933. The van der Waals surface area contributed by atoms with Crippen LogP contribution in [0.25, 0.3) is 0 Å². The Balaban J connectivity index is 2.17. The third kappa shape index (κ3) is 4.27. The molecule has 16 heavy (non-hydrogen) atoms. The van der Waals surface area contributed by atoms with Gasteiger partial charge < -0.3 is 0 Å². The molecule has 1 nitrogen and oxygen atoms in total. The molecule has 0 aromatic rings. The maximum Gasteiger partial charge on any atom is 0.139 e. The molecule has 0 spiro atoms. The number of Topliss-reactive ketones (excluding diaryl/α,β-unsaturated/α-hetero) is 1. The lowest BCUT2D eigenvalue weighted by Crippen LogP contribution is -2.14. The fourth-order valence-electron chi connectivity index (χ4n) is 2.86. The second-order valence-electron chi connectivity index (χ2n) is 5.37. The van der Waals surface area contributed by atoms with Gasteiger partial charge in [0.2, 0.25) is 0 Å². The van der Waals surface area contributed by atoms with E-state index in [1.54, 1.807) is 0 Å². The number of carbonyl (C=O) groups is 1. The fourth-order valence-corrected chi connectivity index (χ4v) is 2.86.